The second-order valence-corrected chi connectivity index (χ2v) is 4.47. The van der Waals surface area contributed by atoms with Gasteiger partial charge >= 0.3 is 5.51 Å². The molecule has 0 fully saturated rings. The van der Waals surface area contributed by atoms with Crippen LogP contribution in [0.3, 0.4) is 0 Å². The first-order valence-corrected chi connectivity index (χ1v) is 4.27. The first-order valence-electron chi connectivity index (χ1n) is 3.17. The van der Waals surface area contributed by atoms with Crippen LogP contribution in [0.2, 0.25) is 0 Å². The van der Waals surface area contributed by atoms with Gasteiger partial charge in [-0.3, -0.25) is 0 Å². The van der Waals surface area contributed by atoms with E-state index in [1.165, 1.54) is 0 Å². The maximum atomic E-state index is 11.6. The van der Waals surface area contributed by atoms with Gasteiger partial charge in [-0.2, -0.15) is 17.6 Å². The molecule has 1 atom stereocenters. The van der Waals surface area contributed by atoms with E-state index in [-0.39, 0.29) is 0 Å². The van der Waals surface area contributed by atoms with Crippen molar-refractivity contribution in [3.63, 3.8) is 0 Å². The van der Waals surface area contributed by atoms with Gasteiger partial charge in [0.05, 0.1) is 0 Å². The fourth-order valence-corrected chi connectivity index (χ4v) is 0.797. The lowest BCUT2D eigenvalue weighted by atomic mass is 10.00. The molecule has 0 spiro atoms. The molecule has 0 rings (SSSR count). The van der Waals surface area contributed by atoms with E-state index in [9.17, 15) is 17.4 Å². The Morgan fingerprint density at radius 1 is 1.25 bits per heavy atom. The van der Waals surface area contributed by atoms with Crippen LogP contribution in [0.4, 0.5) is 13.2 Å². The number of hydrogen-bond donors (Lipinski definition) is 0. The summed E-state index contributed by atoms with van der Waals surface area (Å²) in [6.07, 6.45) is 1.04. The lowest BCUT2D eigenvalue weighted by Gasteiger charge is -2.09. The smallest absolute Gasteiger partial charge is 0.225 e. The van der Waals surface area contributed by atoms with E-state index < -0.39 is 21.9 Å². The van der Waals surface area contributed by atoms with Gasteiger partial charge in [0.2, 0.25) is 11.0 Å². The molecule has 0 radical (unpaired) electrons. The fraction of sp³-hybridized carbons (Fsp3) is 0.833. The number of rotatable bonds is 1. The first-order chi connectivity index (χ1) is 5.13. The Balaban J connectivity index is 4.30. The van der Waals surface area contributed by atoms with Crippen molar-refractivity contribution in [2.75, 3.05) is 0 Å². The lowest BCUT2D eigenvalue weighted by molar-refractivity contribution is -0.0383. The minimum atomic E-state index is -4.75. The third-order valence-corrected chi connectivity index (χ3v) is 1.43. The van der Waals surface area contributed by atoms with E-state index in [4.69, 9.17) is 0 Å². The molecule has 12 heavy (non-hydrogen) atoms. The third kappa shape index (κ3) is 5.29. The monoisotopic (exact) mass is 201 g/mol. The van der Waals surface area contributed by atoms with Crippen molar-refractivity contribution >= 4 is 17.2 Å². The predicted molar refractivity (Wildman–Crippen MR) is 42.1 cm³/mol. The summed E-state index contributed by atoms with van der Waals surface area (Å²) in [6, 6.07) is 0. The van der Waals surface area contributed by atoms with Gasteiger partial charge in [-0.25, -0.2) is 4.21 Å². The summed E-state index contributed by atoms with van der Waals surface area (Å²) >= 11 is 0. The van der Waals surface area contributed by atoms with Gasteiger partial charge in [-0.15, -0.1) is 0 Å². The van der Waals surface area contributed by atoms with E-state index in [1.807, 2.05) is 0 Å². The zero-order valence-corrected chi connectivity index (χ0v) is 7.79. The van der Waals surface area contributed by atoms with Gasteiger partial charge in [0, 0.05) is 6.21 Å². The van der Waals surface area contributed by atoms with E-state index in [0.717, 1.165) is 6.21 Å². The van der Waals surface area contributed by atoms with Crippen molar-refractivity contribution in [3.8, 4) is 0 Å². The largest absolute Gasteiger partial charge is 0.492 e. The molecule has 0 aliphatic heterocycles. The highest BCUT2D eigenvalue weighted by atomic mass is 32.2. The maximum absolute atomic E-state index is 11.6. The average Bonchev–Trinajstić information content (AvgIpc) is 1.78. The molecule has 0 bridgehead atoms. The van der Waals surface area contributed by atoms with Crippen LogP contribution in [0.1, 0.15) is 20.8 Å². The van der Waals surface area contributed by atoms with Crippen LogP contribution < -0.4 is 0 Å². The SMILES string of the molecule is CC(C)(C)/C=N/S(=O)C(F)(F)F. The molecule has 0 aromatic rings. The number of hydrogen-bond acceptors (Lipinski definition) is 1. The zero-order chi connectivity index (χ0) is 9.99. The van der Waals surface area contributed by atoms with Gasteiger partial charge in [0.15, 0.2) is 0 Å². The Bertz CT molecular complexity index is 204. The van der Waals surface area contributed by atoms with Crippen molar-refractivity contribution in [2.24, 2.45) is 9.81 Å². The fourth-order valence-electron chi connectivity index (χ4n) is 0.266. The molecule has 0 aliphatic carbocycles. The van der Waals surface area contributed by atoms with E-state index in [0.29, 0.717) is 0 Å². The first kappa shape index (κ1) is 11.6. The Hall–Kier alpha value is -0.390. The van der Waals surface area contributed by atoms with Crippen molar-refractivity contribution in [1.29, 1.82) is 0 Å². The lowest BCUT2D eigenvalue weighted by Crippen LogP contribution is -2.16. The Morgan fingerprint density at radius 3 is 1.92 bits per heavy atom. The van der Waals surface area contributed by atoms with Gasteiger partial charge in [-0.05, 0) is 5.41 Å². The van der Waals surface area contributed by atoms with Crippen LogP contribution in [0.15, 0.2) is 4.40 Å². The van der Waals surface area contributed by atoms with E-state index >= 15 is 0 Å². The van der Waals surface area contributed by atoms with Crippen LogP contribution in [0.5, 0.6) is 0 Å². The van der Waals surface area contributed by atoms with Gasteiger partial charge < -0.3 is 0 Å². The molecular weight excluding hydrogens is 191 g/mol. The highest BCUT2D eigenvalue weighted by Crippen LogP contribution is 2.21. The normalized spacial score (nSPS) is 16.8. The van der Waals surface area contributed by atoms with Crippen LogP contribution in [-0.4, -0.2) is 15.9 Å². The van der Waals surface area contributed by atoms with Gasteiger partial charge in [0.25, 0.3) is 0 Å². The summed E-state index contributed by atoms with van der Waals surface area (Å²) < 4.78 is 48.0. The van der Waals surface area contributed by atoms with Crippen LogP contribution >= 0.6 is 0 Å². The number of nitrogens with zero attached hydrogens (tertiary/aromatic N) is 1. The molecule has 0 N–H and O–H groups in total. The quantitative estimate of drug-likeness (QED) is 0.598. The minimum Gasteiger partial charge on any atom is -0.225 e. The Morgan fingerprint density at radius 2 is 1.67 bits per heavy atom. The standard InChI is InChI=1S/C6H10F3NOS/c1-5(2,3)4-10-12(11)6(7,8)9/h4H,1-3H3/b10-4+. The van der Waals surface area contributed by atoms with Crippen molar-refractivity contribution in [1.82, 2.24) is 0 Å². The second-order valence-electron chi connectivity index (χ2n) is 3.30. The summed E-state index contributed by atoms with van der Waals surface area (Å²) in [4.78, 5) is 0. The minimum absolute atomic E-state index is 0.485. The summed E-state index contributed by atoms with van der Waals surface area (Å²) in [7, 11) is -3.11. The van der Waals surface area contributed by atoms with Gasteiger partial charge in [0.1, 0.15) is 0 Å². The molecule has 72 valence electrons. The topological polar surface area (TPSA) is 29.4 Å². The van der Waals surface area contributed by atoms with E-state index in [2.05, 4.69) is 4.40 Å². The summed E-state index contributed by atoms with van der Waals surface area (Å²) in [6.45, 7) is 5.01. The van der Waals surface area contributed by atoms with Crippen molar-refractivity contribution in [3.05, 3.63) is 0 Å². The van der Waals surface area contributed by atoms with Crippen LogP contribution in [-0.2, 0) is 11.0 Å². The molecule has 0 aromatic carbocycles. The van der Waals surface area contributed by atoms with Crippen molar-refractivity contribution in [2.45, 2.75) is 26.3 Å². The third-order valence-electron chi connectivity index (χ3n) is 0.734. The van der Waals surface area contributed by atoms with Crippen LogP contribution in [0, 0.1) is 5.41 Å². The zero-order valence-electron chi connectivity index (χ0n) is 6.97. The molecule has 0 heterocycles. The molecule has 0 aliphatic rings. The highest BCUT2D eigenvalue weighted by molar-refractivity contribution is 7.84. The predicted octanol–water partition coefficient (Wildman–Crippen LogP) is 2.29. The second kappa shape index (κ2) is 3.55. The molecule has 0 amide bonds. The maximum Gasteiger partial charge on any atom is 0.492 e. The Kier molecular flexibility index (Phi) is 3.44. The Labute approximate surface area is 71.5 Å². The molecular formula is C6H10F3NOS. The molecule has 0 saturated carbocycles. The average molecular weight is 201 g/mol. The highest BCUT2D eigenvalue weighted by Gasteiger charge is 2.37. The molecule has 2 nitrogen and oxygen atoms in total. The summed E-state index contributed by atoms with van der Waals surface area (Å²) in [5, 5.41) is 0. The number of alkyl halides is 3. The molecule has 0 saturated heterocycles. The molecule has 1 unspecified atom stereocenters. The van der Waals surface area contributed by atoms with Crippen molar-refractivity contribution < 1.29 is 17.4 Å². The summed E-state index contributed by atoms with van der Waals surface area (Å²) in [5.74, 6) is 0. The summed E-state index contributed by atoms with van der Waals surface area (Å²) in [5.41, 5.74) is -5.23. The number of halogens is 3. The molecule has 0 aromatic heterocycles. The van der Waals surface area contributed by atoms with Crippen LogP contribution in [0.25, 0.3) is 0 Å². The molecule has 6 heteroatoms. The van der Waals surface area contributed by atoms with Gasteiger partial charge in [-0.1, -0.05) is 20.8 Å². The van der Waals surface area contributed by atoms with E-state index in [1.54, 1.807) is 20.8 Å².